The summed E-state index contributed by atoms with van der Waals surface area (Å²) in [6, 6.07) is 6.06. The van der Waals surface area contributed by atoms with Crippen LogP contribution in [0.1, 0.15) is 12.5 Å². The molecular formula is C12H16N2O3. The molecule has 0 aliphatic carbocycles. The molecule has 1 aromatic rings. The van der Waals surface area contributed by atoms with Gasteiger partial charge in [-0.3, -0.25) is 9.69 Å². The number of carboxylic acids is 1. The van der Waals surface area contributed by atoms with Crippen molar-refractivity contribution >= 4 is 17.7 Å². The van der Waals surface area contributed by atoms with Gasteiger partial charge in [0.15, 0.2) is 0 Å². The number of aliphatic carboxylic acids is 1. The van der Waals surface area contributed by atoms with E-state index < -0.39 is 18.0 Å². The summed E-state index contributed by atoms with van der Waals surface area (Å²) < 4.78 is 0. The van der Waals surface area contributed by atoms with Gasteiger partial charge in [-0.05, 0) is 31.5 Å². The lowest BCUT2D eigenvalue weighted by Crippen LogP contribution is -2.45. The average Bonchev–Trinajstić information content (AvgIpc) is 2.27. The summed E-state index contributed by atoms with van der Waals surface area (Å²) in [6.45, 7) is 3.35. The van der Waals surface area contributed by atoms with Crippen LogP contribution < -0.4 is 10.2 Å². The molecule has 0 spiro atoms. The van der Waals surface area contributed by atoms with E-state index in [9.17, 15) is 9.59 Å². The van der Waals surface area contributed by atoms with Crippen molar-refractivity contribution in [2.24, 2.45) is 0 Å². The predicted octanol–water partition coefficient (Wildman–Crippen LogP) is 1.61. The SMILES string of the molecule is Cc1cccc(N(C)C(=O)N[C@@H](C)C(=O)O)c1. The molecule has 0 aromatic heterocycles. The van der Waals surface area contributed by atoms with E-state index in [1.165, 1.54) is 11.8 Å². The van der Waals surface area contributed by atoms with E-state index in [-0.39, 0.29) is 0 Å². The van der Waals surface area contributed by atoms with Crippen molar-refractivity contribution in [3.8, 4) is 0 Å². The fourth-order valence-electron chi connectivity index (χ4n) is 1.30. The second-order valence-electron chi connectivity index (χ2n) is 3.91. The molecule has 0 fully saturated rings. The van der Waals surface area contributed by atoms with Gasteiger partial charge in [0.2, 0.25) is 0 Å². The van der Waals surface area contributed by atoms with E-state index in [1.807, 2.05) is 25.1 Å². The van der Waals surface area contributed by atoms with Crippen LogP contribution in [0.5, 0.6) is 0 Å². The predicted molar refractivity (Wildman–Crippen MR) is 65.2 cm³/mol. The highest BCUT2D eigenvalue weighted by Gasteiger charge is 2.17. The molecule has 1 aromatic carbocycles. The van der Waals surface area contributed by atoms with Crippen LogP contribution in [0.3, 0.4) is 0 Å². The van der Waals surface area contributed by atoms with Crippen molar-refractivity contribution in [1.82, 2.24) is 5.32 Å². The van der Waals surface area contributed by atoms with Crippen molar-refractivity contribution in [2.75, 3.05) is 11.9 Å². The number of aryl methyl sites for hydroxylation is 1. The summed E-state index contributed by atoms with van der Waals surface area (Å²) in [4.78, 5) is 23.7. The molecule has 0 saturated carbocycles. The first-order valence-electron chi connectivity index (χ1n) is 5.25. The zero-order valence-electron chi connectivity index (χ0n) is 10.1. The molecule has 1 rings (SSSR count). The van der Waals surface area contributed by atoms with Gasteiger partial charge in [0.1, 0.15) is 6.04 Å². The standard InChI is InChI=1S/C12H16N2O3/c1-8-5-4-6-10(7-8)14(3)12(17)13-9(2)11(15)16/h4-7,9H,1-3H3,(H,13,17)(H,15,16)/t9-/m0/s1. The molecule has 2 amide bonds. The van der Waals surface area contributed by atoms with Crippen LogP contribution in [0.25, 0.3) is 0 Å². The van der Waals surface area contributed by atoms with E-state index in [0.29, 0.717) is 0 Å². The summed E-state index contributed by atoms with van der Waals surface area (Å²) in [6.07, 6.45) is 0. The van der Waals surface area contributed by atoms with Gasteiger partial charge in [-0.15, -0.1) is 0 Å². The number of nitrogens with one attached hydrogen (secondary N) is 1. The van der Waals surface area contributed by atoms with Crippen molar-refractivity contribution in [2.45, 2.75) is 19.9 Å². The quantitative estimate of drug-likeness (QED) is 0.837. The monoisotopic (exact) mass is 236 g/mol. The van der Waals surface area contributed by atoms with Gasteiger partial charge in [0.05, 0.1) is 0 Å². The second kappa shape index (κ2) is 5.34. The second-order valence-corrected chi connectivity index (χ2v) is 3.91. The van der Waals surface area contributed by atoms with Gasteiger partial charge in [-0.25, -0.2) is 4.79 Å². The number of nitrogens with zero attached hydrogens (tertiary/aromatic N) is 1. The first-order valence-corrected chi connectivity index (χ1v) is 5.25. The molecule has 0 aliphatic heterocycles. The number of carbonyl (C=O) groups is 2. The topological polar surface area (TPSA) is 69.6 Å². The van der Waals surface area contributed by atoms with Gasteiger partial charge in [0, 0.05) is 12.7 Å². The van der Waals surface area contributed by atoms with Gasteiger partial charge in [-0.1, -0.05) is 12.1 Å². The Morgan fingerprint density at radius 2 is 2.06 bits per heavy atom. The highest BCUT2D eigenvalue weighted by atomic mass is 16.4. The Morgan fingerprint density at radius 3 is 2.59 bits per heavy atom. The van der Waals surface area contributed by atoms with Gasteiger partial charge >= 0.3 is 12.0 Å². The van der Waals surface area contributed by atoms with E-state index in [4.69, 9.17) is 5.11 Å². The normalized spacial score (nSPS) is 11.7. The van der Waals surface area contributed by atoms with Gasteiger partial charge in [0.25, 0.3) is 0 Å². The Morgan fingerprint density at radius 1 is 1.41 bits per heavy atom. The Hall–Kier alpha value is -2.04. The third-order valence-electron chi connectivity index (χ3n) is 2.40. The zero-order valence-corrected chi connectivity index (χ0v) is 10.1. The smallest absolute Gasteiger partial charge is 0.325 e. The number of rotatable bonds is 3. The number of amides is 2. The maximum Gasteiger partial charge on any atom is 0.325 e. The lowest BCUT2D eigenvalue weighted by Gasteiger charge is -2.20. The molecule has 0 unspecified atom stereocenters. The number of anilines is 1. The molecule has 0 aliphatic rings. The Balaban J connectivity index is 2.73. The fraction of sp³-hybridized carbons (Fsp3) is 0.333. The largest absolute Gasteiger partial charge is 0.480 e. The van der Waals surface area contributed by atoms with Crippen molar-refractivity contribution in [3.63, 3.8) is 0 Å². The van der Waals surface area contributed by atoms with Crippen molar-refractivity contribution in [1.29, 1.82) is 0 Å². The van der Waals surface area contributed by atoms with Crippen LogP contribution in [0.4, 0.5) is 10.5 Å². The molecule has 1 atom stereocenters. The molecule has 92 valence electrons. The summed E-state index contributed by atoms with van der Waals surface area (Å²) in [5, 5.41) is 11.1. The molecular weight excluding hydrogens is 220 g/mol. The maximum atomic E-state index is 11.7. The number of hydrogen-bond acceptors (Lipinski definition) is 2. The average molecular weight is 236 g/mol. The van der Waals surface area contributed by atoms with Gasteiger partial charge in [-0.2, -0.15) is 0 Å². The van der Waals surface area contributed by atoms with E-state index in [2.05, 4.69) is 5.32 Å². The highest BCUT2D eigenvalue weighted by molar-refractivity contribution is 5.93. The first-order chi connectivity index (χ1) is 7.91. The fourth-order valence-corrected chi connectivity index (χ4v) is 1.30. The van der Waals surface area contributed by atoms with E-state index in [0.717, 1.165) is 11.3 Å². The van der Waals surface area contributed by atoms with Gasteiger partial charge < -0.3 is 10.4 Å². The molecule has 5 nitrogen and oxygen atoms in total. The minimum atomic E-state index is -1.06. The number of carbonyl (C=O) groups excluding carboxylic acids is 1. The third kappa shape index (κ3) is 3.48. The van der Waals surface area contributed by atoms with E-state index in [1.54, 1.807) is 13.1 Å². The zero-order chi connectivity index (χ0) is 13.0. The molecule has 0 bridgehead atoms. The number of urea groups is 1. The number of carboxylic acid groups (broad SMARTS) is 1. The number of hydrogen-bond donors (Lipinski definition) is 2. The van der Waals surface area contributed by atoms with Crippen LogP contribution in [-0.2, 0) is 4.79 Å². The van der Waals surface area contributed by atoms with Crippen LogP contribution in [-0.4, -0.2) is 30.2 Å². The Labute approximate surface area is 100 Å². The van der Waals surface area contributed by atoms with Crippen LogP contribution >= 0.6 is 0 Å². The summed E-state index contributed by atoms with van der Waals surface area (Å²) in [5.74, 6) is -1.06. The van der Waals surface area contributed by atoms with E-state index >= 15 is 0 Å². The van der Waals surface area contributed by atoms with Crippen LogP contribution in [0, 0.1) is 6.92 Å². The Kier molecular flexibility index (Phi) is 4.09. The minimum Gasteiger partial charge on any atom is -0.480 e. The molecule has 0 heterocycles. The minimum absolute atomic E-state index is 0.439. The van der Waals surface area contributed by atoms with Crippen molar-refractivity contribution < 1.29 is 14.7 Å². The number of benzene rings is 1. The summed E-state index contributed by atoms with van der Waals surface area (Å²) >= 11 is 0. The third-order valence-corrected chi connectivity index (χ3v) is 2.40. The lowest BCUT2D eigenvalue weighted by molar-refractivity contribution is -0.138. The van der Waals surface area contributed by atoms with Crippen LogP contribution in [0.2, 0.25) is 0 Å². The maximum absolute atomic E-state index is 11.7. The summed E-state index contributed by atoms with van der Waals surface area (Å²) in [7, 11) is 1.60. The molecule has 2 N–H and O–H groups in total. The van der Waals surface area contributed by atoms with Crippen molar-refractivity contribution in [3.05, 3.63) is 29.8 Å². The first kappa shape index (κ1) is 13.0. The molecule has 5 heteroatoms. The lowest BCUT2D eigenvalue weighted by atomic mass is 10.2. The van der Waals surface area contributed by atoms with Crippen LogP contribution in [0.15, 0.2) is 24.3 Å². The molecule has 17 heavy (non-hydrogen) atoms. The highest BCUT2D eigenvalue weighted by Crippen LogP contribution is 2.14. The Bertz CT molecular complexity index is 432. The molecule has 0 saturated heterocycles. The molecule has 0 radical (unpaired) electrons. The summed E-state index contributed by atoms with van der Waals surface area (Å²) in [5.41, 5.74) is 1.76.